The van der Waals surface area contributed by atoms with Crippen LogP contribution in [0.3, 0.4) is 0 Å². The van der Waals surface area contributed by atoms with E-state index in [0.717, 1.165) is 6.07 Å². The van der Waals surface area contributed by atoms with E-state index in [1.807, 2.05) is 0 Å². The SMILES string of the molecule is O=C(Cc1ccc(F)c(Cl)c1)c1ccnc(Cl)c1[N+](=O)[O-]. The molecule has 0 N–H and O–H groups in total. The van der Waals surface area contributed by atoms with Gasteiger partial charge in [0.2, 0.25) is 5.15 Å². The lowest BCUT2D eigenvalue weighted by atomic mass is 10.0. The Morgan fingerprint density at radius 2 is 2.05 bits per heavy atom. The van der Waals surface area contributed by atoms with Crippen molar-refractivity contribution in [3.05, 3.63) is 67.7 Å². The lowest BCUT2D eigenvalue weighted by Crippen LogP contribution is -2.08. The van der Waals surface area contributed by atoms with Gasteiger partial charge in [-0.3, -0.25) is 14.9 Å². The summed E-state index contributed by atoms with van der Waals surface area (Å²) in [4.78, 5) is 25.9. The van der Waals surface area contributed by atoms with Gasteiger partial charge in [-0.15, -0.1) is 0 Å². The first kappa shape index (κ1) is 15.3. The second-order valence-corrected chi connectivity index (χ2v) is 4.87. The lowest BCUT2D eigenvalue weighted by Gasteiger charge is -2.04. The largest absolute Gasteiger partial charge is 0.317 e. The zero-order chi connectivity index (χ0) is 15.6. The molecule has 21 heavy (non-hydrogen) atoms. The Labute approximate surface area is 128 Å². The fourth-order valence-corrected chi connectivity index (χ4v) is 2.19. The minimum Gasteiger partial charge on any atom is -0.294 e. The number of halogens is 3. The maximum atomic E-state index is 13.1. The molecule has 1 aromatic heterocycles. The second kappa shape index (κ2) is 6.15. The molecule has 0 aliphatic carbocycles. The smallest absolute Gasteiger partial charge is 0.294 e. The van der Waals surface area contributed by atoms with Crippen LogP contribution >= 0.6 is 23.2 Å². The van der Waals surface area contributed by atoms with Crippen LogP contribution in [-0.2, 0) is 6.42 Å². The molecule has 0 saturated heterocycles. The summed E-state index contributed by atoms with van der Waals surface area (Å²) in [5.41, 5.74) is -0.258. The number of hydrogen-bond donors (Lipinski definition) is 0. The molecule has 0 radical (unpaired) electrons. The molecule has 108 valence electrons. The summed E-state index contributed by atoms with van der Waals surface area (Å²) in [6.45, 7) is 0. The van der Waals surface area contributed by atoms with Crippen LogP contribution in [-0.4, -0.2) is 15.7 Å². The monoisotopic (exact) mass is 328 g/mol. The maximum Gasteiger partial charge on any atom is 0.317 e. The van der Waals surface area contributed by atoms with E-state index < -0.39 is 22.2 Å². The Kier molecular flexibility index (Phi) is 4.50. The molecule has 1 aromatic carbocycles. The lowest BCUT2D eigenvalue weighted by molar-refractivity contribution is -0.385. The summed E-state index contributed by atoms with van der Waals surface area (Å²) in [6, 6.07) is 5.02. The third-order valence-electron chi connectivity index (χ3n) is 2.71. The Hall–Kier alpha value is -2.05. The maximum absolute atomic E-state index is 13.1. The average molecular weight is 329 g/mol. The number of carbonyl (C=O) groups is 1. The van der Waals surface area contributed by atoms with Crippen molar-refractivity contribution in [1.29, 1.82) is 0 Å². The summed E-state index contributed by atoms with van der Waals surface area (Å²) in [7, 11) is 0. The molecule has 2 rings (SSSR count). The molecule has 2 aromatic rings. The predicted molar refractivity (Wildman–Crippen MR) is 75.3 cm³/mol. The number of Topliss-reactive ketones (excluding diaryl/α,β-unsaturated/α-hetero) is 1. The van der Waals surface area contributed by atoms with Gasteiger partial charge in [-0.1, -0.05) is 29.3 Å². The highest BCUT2D eigenvalue weighted by atomic mass is 35.5. The molecular formula is C13H7Cl2FN2O3. The molecule has 1 heterocycles. The van der Waals surface area contributed by atoms with E-state index in [1.165, 1.54) is 24.4 Å². The van der Waals surface area contributed by atoms with Gasteiger partial charge in [0.1, 0.15) is 11.4 Å². The van der Waals surface area contributed by atoms with Crippen LogP contribution in [0.25, 0.3) is 0 Å². The van der Waals surface area contributed by atoms with Crippen LogP contribution in [0, 0.1) is 15.9 Å². The van der Waals surface area contributed by atoms with E-state index >= 15 is 0 Å². The van der Waals surface area contributed by atoms with Gasteiger partial charge in [0.15, 0.2) is 5.78 Å². The number of ketones is 1. The predicted octanol–water partition coefficient (Wildman–Crippen LogP) is 3.86. The highest BCUT2D eigenvalue weighted by Gasteiger charge is 2.24. The van der Waals surface area contributed by atoms with E-state index in [0.29, 0.717) is 5.56 Å². The number of nitro groups is 1. The first-order valence-electron chi connectivity index (χ1n) is 5.66. The van der Waals surface area contributed by atoms with E-state index in [1.54, 1.807) is 0 Å². The first-order valence-corrected chi connectivity index (χ1v) is 6.41. The van der Waals surface area contributed by atoms with E-state index in [2.05, 4.69) is 4.98 Å². The highest BCUT2D eigenvalue weighted by molar-refractivity contribution is 6.32. The zero-order valence-electron chi connectivity index (χ0n) is 10.3. The van der Waals surface area contributed by atoms with Crippen LogP contribution in [0.4, 0.5) is 10.1 Å². The van der Waals surface area contributed by atoms with Gasteiger partial charge in [-0.25, -0.2) is 9.37 Å². The number of benzene rings is 1. The number of rotatable bonds is 4. The van der Waals surface area contributed by atoms with Gasteiger partial charge >= 0.3 is 5.69 Å². The van der Waals surface area contributed by atoms with Crippen molar-refractivity contribution in [2.24, 2.45) is 0 Å². The number of carbonyl (C=O) groups excluding carboxylic acids is 1. The van der Waals surface area contributed by atoms with E-state index in [9.17, 15) is 19.3 Å². The molecule has 0 atom stereocenters. The zero-order valence-corrected chi connectivity index (χ0v) is 11.9. The van der Waals surface area contributed by atoms with Gasteiger partial charge < -0.3 is 0 Å². The van der Waals surface area contributed by atoms with E-state index in [4.69, 9.17) is 23.2 Å². The standard InChI is InChI=1S/C13H7Cl2FN2O3/c14-9-5-7(1-2-10(9)16)6-11(19)8-3-4-17-13(15)12(8)18(20)21/h1-5H,6H2. The summed E-state index contributed by atoms with van der Waals surface area (Å²) in [5.74, 6) is -1.14. The fourth-order valence-electron chi connectivity index (χ4n) is 1.76. The van der Waals surface area contributed by atoms with Gasteiger partial charge in [0, 0.05) is 12.6 Å². The second-order valence-electron chi connectivity index (χ2n) is 4.10. The van der Waals surface area contributed by atoms with Crippen molar-refractivity contribution in [3.8, 4) is 0 Å². The Bertz CT molecular complexity index is 737. The van der Waals surface area contributed by atoms with E-state index in [-0.39, 0.29) is 22.2 Å². The van der Waals surface area contributed by atoms with Crippen LogP contribution in [0.15, 0.2) is 30.5 Å². The van der Waals surface area contributed by atoms with Gasteiger partial charge in [0.25, 0.3) is 0 Å². The molecule has 0 aliphatic heterocycles. The van der Waals surface area contributed by atoms with Crippen molar-refractivity contribution in [2.75, 3.05) is 0 Å². The van der Waals surface area contributed by atoms with Crippen molar-refractivity contribution in [2.45, 2.75) is 6.42 Å². The molecule has 0 saturated carbocycles. The molecule has 0 spiro atoms. The first-order chi connectivity index (χ1) is 9.90. The van der Waals surface area contributed by atoms with Crippen LogP contribution in [0.1, 0.15) is 15.9 Å². The molecule has 0 amide bonds. The van der Waals surface area contributed by atoms with Crippen molar-refractivity contribution in [3.63, 3.8) is 0 Å². The normalized spacial score (nSPS) is 10.4. The van der Waals surface area contributed by atoms with Crippen molar-refractivity contribution >= 4 is 34.7 Å². The summed E-state index contributed by atoms with van der Waals surface area (Å²) >= 11 is 11.3. The van der Waals surface area contributed by atoms with Crippen molar-refractivity contribution in [1.82, 2.24) is 4.98 Å². The van der Waals surface area contributed by atoms with Crippen molar-refractivity contribution < 1.29 is 14.1 Å². The third kappa shape index (κ3) is 3.34. The molecule has 0 bridgehead atoms. The Balaban J connectivity index is 2.35. The number of pyridine rings is 1. The average Bonchev–Trinajstić information content (AvgIpc) is 2.42. The summed E-state index contributed by atoms with van der Waals surface area (Å²) < 4.78 is 13.1. The molecule has 8 heteroatoms. The third-order valence-corrected chi connectivity index (χ3v) is 3.28. The minimum absolute atomic E-state index is 0.123. The number of aromatic nitrogens is 1. The molecular weight excluding hydrogens is 322 g/mol. The Morgan fingerprint density at radius 1 is 1.33 bits per heavy atom. The van der Waals surface area contributed by atoms with Crippen LogP contribution < -0.4 is 0 Å². The van der Waals surface area contributed by atoms with Crippen LogP contribution in [0.2, 0.25) is 10.2 Å². The molecule has 0 fully saturated rings. The number of hydrogen-bond acceptors (Lipinski definition) is 4. The molecule has 0 aliphatic rings. The minimum atomic E-state index is -0.764. The Morgan fingerprint density at radius 3 is 2.67 bits per heavy atom. The van der Waals surface area contributed by atoms with Gasteiger partial charge in [0.05, 0.1) is 9.95 Å². The fraction of sp³-hybridized carbons (Fsp3) is 0.0769. The summed E-state index contributed by atoms with van der Waals surface area (Å²) in [6.07, 6.45) is 1.04. The van der Waals surface area contributed by atoms with Crippen LogP contribution in [0.5, 0.6) is 0 Å². The molecule has 0 unspecified atom stereocenters. The highest BCUT2D eigenvalue weighted by Crippen LogP contribution is 2.27. The topological polar surface area (TPSA) is 73.1 Å². The van der Waals surface area contributed by atoms with Gasteiger partial charge in [-0.2, -0.15) is 0 Å². The van der Waals surface area contributed by atoms with Gasteiger partial charge in [-0.05, 0) is 23.8 Å². The molecule has 5 nitrogen and oxygen atoms in total. The summed E-state index contributed by atoms with van der Waals surface area (Å²) in [5, 5.41) is 10.5. The quantitative estimate of drug-likeness (QED) is 0.369. The number of nitrogens with zero attached hydrogens (tertiary/aromatic N) is 2.